The molecule has 0 aromatic carbocycles. The Morgan fingerprint density at radius 2 is 1.31 bits per heavy atom. The van der Waals surface area contributed by atoms with Gasteiger partial charge in [0.25, 0.3) is 0 Å². The van der Waals surface area contributed by atoms with Gasteiger partial charge in [-0.3, -0.25) is 9.36 Å². The fourth-order valence-electron chi connectivity index (χ4n) is 1.13. The van der Waals surface area contributed by atoms with E-state index in [2.05, 4.69) is 52.3 Å². The van der Waals surface area contributed by atoms with Crippen molar-refractivity contribution in [1.82, 2.24) is 19.6 Å². The summed E-state index contributed by atoms with van der Waals surface area (Å²) in [5.74, 6) is 1.06. The Labute approximate surface area is 109 Å². The molecule has 0 saturated heterocycles. The number of rotatable bonds is 2. The van der Waals surface area contributed by atoms with Crippen LogP contribution in [-0.2, 0) is 14.1 Å². The molecule has 0 fully saturated rings. The van der Waals surface area contributed by atoms with E-state index in [-0.39, 0.29) is 0 Å². The quantitative estimate of drug-likeness (QED) is 0.783. The molecule has 0 radical (unpaired) electrons. The zero-order chi connectivity index (χ0) is 11.7. The van der Waals surface area contributed by atoms with E-state index < -0.39 is 0 Å². The summed E-state index contributed by atoms with van der Waals surface area (Å²) in [4.78, 5) is 0. The second-order valence-electron chi connectivity index (χ2n) is 3.15. The maximum Gasteiger partial charge on any atom is 0.209 e. The van der Waals surface area contributed by atoms with E-state index in [1.807, 2.05) is 26.5 Å². The number of aryl methyl sites for hydroxylation is 2. The van der Waals surface area contributed by atoms with Crippen molar-refractivity contribution in [3.63, 3.8) is 0 Å². The molecule has 16 heavy (non-hydrogen) atoms. The SMILES string of the molecule is Cn1cc(Br)c(N=Nc2nn(C)cc2Br)n1. The Kier molecular flexibility index (Phi) is 3.20. The molecule has 0 bridgehead atoms. The molecule has 0 saturated carbocycles. The van der Waals surface area contributed by atoms with E-state index >= 15 is 0 Å². The van der Waals surface area contributed by atoms with E-state index in [1.165, 1.54) is 0 Å². The van der Waals surface area contributed by atoms with Crippen LogP contribution in [0.1, 0.15) is 0 Å². The van der Waals surface area contributed by atoms with Crippen molar-refractivity contribution < 1.29 is 0 Å². The monoisotopic (exact) mass is 346 g/mol. The molecule has 2 heterocycles. The molecule has 2 aromatic rings. The summed E-state index contributed by atoms with van der Waals surface area (Å²) in [7, 11) is 3.64. The molecule has 0 aliphatic heterocycles. The van der Waals surface area contributed by atoms with Gasteiger partial charge in [0.05, 0.1) is 8.95 Å². The molecule has 6 nitrogen and oxygen atoms in total. The first-order chi connectivity index (χ1) is 7.56. The van der Waals surface area contributed by atoms with Crippen molar-refractivity contribution in [1.29, 1.82) is 0 Å². The molecule has 2 rings (SSSR count). The van der Waals surface area contributed by atoms with Crippen LogP contribution in [-0.4, -0.2) is 19.6 Å². The van der Waals surface area contributed by atoms with Crippen molar-refractivity contribution in [3.05, 3.63) is 21.3 Å². The lowest BCUT2D eigenvalue weighted by molar-refractivity contribution is 0.759. The van der Waals surface area contributed by atoms with Gasteiger partial charge in [-0.05, 0) is 31.9 Å². The number of hydrogen-bond donors (Lipinski definition) is 0. The van der Waals surface area contributed by atoms with Crippen molar-refractivity contribution >= 4 is 43.5 Å². The topological polar surface area (TPSA) is 60.4 Å². The molecule has 0 spiro atoms. The molecule has 0 amide bonds. The first-order valence-corrected chi connectivity index (χ1v) is 5.95. The van der Waals surface area contributed by atoms with E-state index in [0.29, 0.717) is 11.6 Å². The number of nitrogens with zero attached hydrogens (tertiary/aromatic N) is 6. The minimum atomic E-state index is 0.528. The third-order valence-corrected chi connectivity index (χ3v) is 2.89. The summed E-state index contributed by atoms with van der Waals surface area (Å²) in [6.07, 6.45) is 3.61. The Hall–Kier alpha value is -1.02. The molecule has 2 aromatic heterocycles. The predicted octanol–water partition coefficient (Wildman–Crippen LogP) is 3.09. The van der Waals surface area contributed by atoms with Gasteiger partial charge in [0.1, 0.15) is 0 Å². The van der Waals surface area contributed by atoms with Crippen LogP contribution in [0.25, 0.3) is 0 Å². The van der Waals surface area contributed by atoms with Crippen molar-refractivity contribution in [2.24, 2.45) is 24.3 Å². The zero-order valence-electron chi connectivity index (χ0n) is 8.59. The van der Waals surface area contributed by atoms with Gasteiger partial charge in [-0.25, -0.2) is 0 Å². The fourth-order valence-corrected chi connectivity index (χ4v) is 2.04. The molecule has 0 unspecified atom stereocenters. The van der Waals surface area contributed by atoms with Crippen molar-refractivity contribution in [3.8, 4) is 0 Å². The standard InChI is InChI=1S/C8H8Br2N6/c1-15-3-5(9)7(13-15)11-12-8-6(10)4-16(2)14-8/h3-4H,1-2H3. The molecular weight excluding hydrogens is 340 g/mol. The summed E-state index contributed by atoms with van der Waals surface area (Å²) < 4.78 is 4.91. The zero-order valence-corrected chi connectivity index (χ0v) is 11.8. The Morgan fingerprint density at radius 1 is 0.938 bits per heavy atom. The summed E-state index contributed by atoms with van der Waals surface area (Å²) in [6, 6.07) is 0. The summed E-state index contributed by atoms with van der Waals surface area (Å²) in [5.41, 5.74) is 0. The van der Waals surface area contributed by atoms with E-state index in [4.69, 9.17) is 0 Å². The Morgan fingerprint density at radius 3 is 1.56 bits per heavy atom. The lowest BCUT2D eigenvalue weighted by Gasteiger charge is -1.86. The smallest absolute Gasteiger partial charge is 0.209 e. The number of aromatic nitrogens is 4. The van der Waals surface area contributed by atoms with Gasteiger partial charge in [-0.1, -0.05) is 0 Å². The van der Waals surface area contributed by atoms with E-state index in [0.717, 1.165) is 8.95 Å². The van der Waals surface area contributed by atoms with Crippen LogP contribution in [0.2, 0.25) is 0 Å². The maximum atomic E-state index is 4.12. The third kappa shape index (κ3) is 2.38. The summed E-state index contributed by atoms with van der Waals surface area (Å²) >= 11 is 6.68. The summed E-state index contributed by atoms with van der Waals surface area (Å²) in [6.45, 7) is 0. The van der Waals surface area contributed by atoms with Gasteiger partial charge >= 0.3 is 0 Å². The molecule has 0 N–H and O–H groups in total. The number of azo groups is 1. The number of hydrogen-bond acceptors (Lipinski definition) is 4. The highest BCUT2D eigenvalue weighted by Crippen LogP contribution is 2.27. The van der Waals surface area contributed by atoms with Crippen LogP contribution in [0.15, 0.2) is 31.6 Å². The lowest BCUT2D eigenvalue weighted by atomic mass is 10.6. The van der Waals surface area contributed by atoms with Crippen molar-refractivity contribution in [2.75, 3.05) is 0 Å². The first-order valence-electron chi connectivity index (χ1n) is 4.36. The van der Waals surface area contributed by atoms with Gasteiger partial charge in [0.15, 0.2) is 0 Å². The van der Waals surface area contributed by atoms with Crippen molar-refractivity contribution in [2.45, 2.75) is 0 Å². The average molecular weight is 348 g/mol. The highest BCUT2D eigenvalue weighted by molar-refractivity contribution is 9.11. The van der Waals surface area contributed by atoms with Gasteiger partial charge < -0.3 is 0 Å². The van der Waals surface area contributed by atoms with Crippen LogP contribution in [0, 0.1) is 0 Å². The molecule has 0 aliphatic carbocycles. The molecule has 0 aliphatic rings. The molecule has 84 valence electrons. The van der Waals surface area contributed by atoms with Crippen LogP contribution >= 0.6 is 31.9 Å². The summed E-state index contributed by atoms with van der Waals surface area (Å²) in [5, 5.41) is 16.3. The van der Waals surface area contributed by atoms with Crippen LogP contribution in [0.5, 0.6) is 0 Å². The lowest BCUT2D eigenvalue weighted by Crippen LogP contribution is -1.85. The Balaban J connectivity index is 2.27. The largest absolute Gasteiger partial charge is 0.272 e. The second-order valence-corrected chi connectivity index (χ2v) is 4.86. The van der Waals surface area contributed by atoms with E-state index in [9.17, 15) is 0 Å². The van der Waals surface area contributed by atoms with Crippen LogP contribution in [0.4, 0.5) is 11.6 Å². The van der Waals surface area contributed by atoms with Gasteiger partial charge in [-0.2, -0.15) is 10.2 Å². The second kappa shape index (κ2) is 4.46. The van der Waals surface area contributed by atoms with Crippen LogP contribution < -0.4 is 0 Å². The van der Waals surface area contributed by atoms with E-state index in [1.54, 1.807) is 9.36 Å². The van der Waals surface area contributed by atoms with Gasteiger partial charge in [0, 0.05) is 26.5 Å². The van der Waals surface area contributed by atoms with Crippen LogP contribution in [0.3, 0.4) is 0 Å². The van der Waals surface area contributed by atoms with Gasteiger partial charge in [0.2, 0.25) is 11.6 Å². The minimum absolute atomic E-state index is 0.528. The number of halogens is 2. The highest BCUT2D eigenvalue weighted by atomic mass is 79.9. The highest BCUT2D eigenvalue weighted by Gasteiger charge is 2.06. The molecule has 0 atom stereocenters. The Bertz CT molecular complexity index is 492. The van der Waals surface area contributed by atoms with Gasteiger partial charge in [-0.15, -0.1) is 10.2 Å². The minimum Gasteiger partial charge on any atom is -0.272 e. The molecular formula is C8H8Br2N6. The average Bonchev–Trinajstić information content (AvgIpc) is 2.66. The maximum absolute atomic E-state index is 4.12. The third-order valence-electron chi connectivity index (χ3n) is 1.77. The normalized spacial score (nSPS) is 11.5. The fraction of sp³-hybridized carbons (Fsp3) is 0.250. The molecule has 8 heteroatoms. The predicted molar refractivity (Wildman–Crippen MR) is 66.0 cm³/mol. The first kappa shape index (κ1) is 11.5.